The average molecular weight is 323 g/mol. The number of hydrogen-bond donors (Lipinski definition) is 2. The number of morpholine rings is 1. The number of hydrogen-bond acceptors (Lipinski definition) is 5. The zero-order valence-corrected chi connectivity index (χ0v) is 13.9. The molecule has 2 rings (SSSR count). The fourth-order valence-corrected chi connectivity index (χ4v) is 2.42. The third kappa shape index (κ3) is 5.24. The van der Waals surface area contributed by atoms with Crippen LogP contribution in [0.5, 0.6) is 0 Å². The Morgan fingerprint density at radius 2 is 2.30 bits per heavy atom. The Morgan fingerprint density at radius 3 is 3.00 bits per heavy atom. The molecule has 1 aromatic rings. The highest BCUT2D eigenvalue weighted by Crippen LogP contribution is 2.16. The standard InChI is InChI=1S/C15H25N5O3/c1-11(2)18-15(22)16-5-4-13-10-20(6-7-23-13)12-8-14(21)19(3)17-9-12/h8-9,11,13H,4-7,10H2,1-3H3,(H2,16,18,22)/t13-/m0/s1. The first kappa shape index (κ1) is 17.3. The zero-order valence-electron chi connectivity index (χ0n) is 13.9. The molecule has 0 aromatic carbocycles. The number of aromatic nitrogens is 2. The summed E-state index contributed by atoms with van der Waals surface area (Å²) >= 11 is 0. The monoisotopic (exact) mass is 323 g/mol. The molecule has 128 valence electrons. The molecule has 8 heteroatoms. The molecular formula is C15H25N5O3. The van der Waals surface area contributed by atoms with E-state index in [0.29, 0.717) is 19.7 Å². The van der Waals surface area contributed by atoms with Crippen molar-refractivity contribution in [3.05, 3.63) is 22.6 Å². The van der Waals surface area contributed by atoms with Crippen LogP contribution in [0, 0.1) is 0 Å². The fraction of sp³-hybridized carbons (Fsp3) is 0.667. The highest BCUT2D eigenvalue weighted by molar-refractivity contribution is 5.74. The van der Waals surface area contributed by atoms with Gasteiger partial charge in [-0.15, -0.1) is 0 Å². The first-order valence-electron chi connectivity index (χ1n) is 7.90. The van der Waals surface area contributed by atoms with Gasteiger partial charge in [0.05, 0.1) is 24.6 Å². The van der Waals surface area contributed by atoms with E-state index in [9.17, 15) is 9.59 Å². The lowest BCUT2D eigenvalue weighted by atomic mass is 10.2. The molecule has 23 heavy (non-hydrogen) atoms. The second-order valence-electron chi connectivity index (χ2n) is 5.96. The van der Waals surface area contributed by atoms with E-state index in [0.717, 1.165) is 18.7 Å². The maximum absolute atomic E-state index is 11.7. The first-order chi connectivity index (χ1) is 11.0. The van der Waals surface area contributed by atoms with Crippen LogP contribution in [-0.2, 0) is 11.8 Å². The number of nitrogens with one attached hydrogen (secondary N) is 2. The average Bonchev–Trinajstić information content (AvgIpc) is 2.49. The number of urea groups is 1. The molecule has 0 aliphatic carbocycles. The number of ether oxygens (including phenoxy) is 1. The maximum atomic E-state index is 11.7. The lowest BCUT2D eigenvalue weighted by molar-refractivity contribution is 0.0358. The highest BCUT2D eigenvalue weighted by Gasteiger charge is 2.21. The molecule has 1 fully saturated rings. The van der Waals surface area contributed by atoms with Gasteiger partial charge in [0.25, 0.3) is 5.56 Å². The Bertz CT molecular complexity index is 587. The van der Waals surface area contributed by atoms with E-state index < -0.39 is 0 Å². The maximum Gasteiger partial charge on any atom is 0.314 e. The van der Waals surface area contributed by atoms with Crippen molar-refractivity contribution in [2.75, 3.05) is 31.1 Å². The van der Waals surface area contributed by atoms with Crippen LogP contribution >= 0.6 is 0 Å². The smallest absolute Gasteiger partial charge is 0.314 e. The van der Waals surface area contributed by atoms with Gasteiger partial charge in [-0.2, -0.15) is 5.10 Å². The van der Waals surface area contributed by atoms with Gasteiger partial charge in [0.15, 0.2) is 0 Å². The number of carbonyl (C=O) groups is 1. The van der Waals surface area contributed by atoms with Crippen molar-refractivity contribution < 1.29 is 9.53 Å². The molecule has 0 unspecified atom stereocenters. The van der Waals surface area contributed by atoms with Gasteiger partial charge in [-0.05, 0) is 20.3 Å². The molecule has 1 aromatic heterocycles. The molecule has 1 atom stereocenters. The van der Waals surface area contributed by atoms with Crippen molar-refractivity contribution >= 4 is 11.7 Å². The number of aryl methyl sites for hydroxylation is 1. The quantitative estimate of drug-likeness (QED) is 0.801. The van der Waals surface area contributed by atoms with Gasteiger partial charge in [-0.25, -0.2) is 9.48 Å². The predicted molar refractivity (Wildman–Crippen MR) is 87.7 cm³/mol. The van der Waals surface area contributed by atoms with Gasteiger partial charge in [0.1, 0.15) is 0 Å². The lowest BCUT2D eigenvalue weighted by Crippen LogP contribution is -2.45. The molecule has 2 amide bonds. The molecular weight excluding hydrogens is 298 g/mol. The van der Waals surface area contributed by atoms with Crippen molar-refractivity contribution in [3.63, 3.8) is 0 Å². The first-order valence-corrected chi connectivity index (χ1v) is 7.90. The molecule has 2 heterocycles. The van der Waals surface area contributed by atoms with Crippen molar-refractivity contribution in [1.82, 2.24) is 20.4 Å². The minimum Gasteiger partial charge on any atom is -0.374 e. The van der Waals surface area contributed by atoms with E-state index in [1.54, 1.807) is 19.3 Å². The lowest BCUT2D eigenvalue weighted by Gasteiger charge is -2.34. The molecule has 2 N–H and O–H groups in total. The summed E-state index contributed by atoms with van der Waals surface area (Å²) in [5.74, 6) is 0. The zero-order chi connectivity index (χ0) is 16.8. The Balaban J connectivity index is 1.82. The second kappa shape index (κ2) is 7.96. The molecule has 1 saturated heterocycles. The second-order valence-corrected chi connectivity index (χ2v) is 5.96. The summed E-state index contributed by atoms with van der Waals surface area (Å²) in [6.07, 6.45) is 2.44. The Labute approximate surface area is 135 Å². The van der Waals surface area contributed by atoms with Gasteiger partial charge < -0.3 is 20.3 Å². The Kier molecular flexibility index (Phi) is 5.97. The van der Waals surface area contributed by atoms with E-state index in [4.69, 9.17) is 4.74 Å². The molecule has 0 bridgehead atoms. The number of amides is 2. The molecule has 8 nitrogen and oxygen atoms in total. The van der Waals surface area contributed by atoms with Crippen LogP contribution in [0.25, 0.3) is 0 Å². The van der Waals surface area contributed by atoms with Crippen LogP contribution < -0.4 is 21.1 Å². The molecule has 1 aliphatic heterocycles. The van der Waals surface area contributed by atoms with E-state index in [1.807, 2.05) is 13.8 Å². The van der Waals surface area contributed by atoms with Crippen LogP contribution in [0.2, 0.25) is 0 Å². The fourth-order valence-electron chi connectivity index (χ4n) is 2.42. The normalized spacial score (nSPS) is 18.1. The van der Waals surface area contributed by atoms with E-state index in [2.05, 4.69) is 20.6 Å². The minimum atomic E-state index is -0.163. The summed E-state index contributed by atoms with van der Waals surface area (Å²) in [6, 6.07) is 1.54. The Morgan fingerprint density at radius 1 is 1.52 bits per heavy atom. The molecule has 0 spiro atoms. The van der Waals surface area contributed by atoms with Crippen molar-refractivity contribution in [2.45, 2.75) is 32.4 Å². The summed E-state index contributed by atoms with van der Waals surface area (Å²) in [6.45, 7) is 6.39. The van der Waals surface area contributed by atoms with Crippen molar-refractivity contribution in [1.29, 1.82) is 0 Å². The van der Waals surface area contributed by atoms with Crippen LogP contribution in [0.3, 0.4) is 0 Å². The largest absolute Gasteiger partial charge is 0.374 e. The van der Waals surface area contributed by atoms with Gasteiger partial charge in [-0.3, -0.25) is 4.79 Å². The van der Waals surface area contributed by atoms with E-state index >= 15 is 0 Å². The van der Waals surface area contributed by atoms with Gasteiger partial charge in [0.2, 0.25) is 0 Å². The summed E-state index contributed by atoms with van der Waals surface area (Å²) in [5, 5.41) is 9.65. The van der Waals surface area contributed by atoms with E-state index in [1.165, 1.54) is 4.68 Å². The number of rotatable bonds is 5. The van der Waals surface area contributed by atoms with Gasteiger partial charge in [-0.1, -0.05) is 0 Å². The minimum absolute atomic E-state index is 0.0205. The number of anilines is 1. The van der Waals surface area contributed by atoms with Crippen molar-refractivity contribution in [2.24, 2.45) is 7.05 Å². The highest BCUT2D eigenvalue weighted by atomic mass is 16.5. The van der Waals surface area contributed by atoms with Crippen LogP contribution in [0.4, 0.5) is 10.5 Å². The summed E-state index contributed by atoms with van der Waals surface area (Å²) in [5.41, 5.74) is 0.685. The Hall–Kier alpha value is -2.09. The summed E-state index contributed by atoms with van der Waals surface area (Å²) in [4.78, 5) is 25.3. The summed E-state index contributed by atoms with van der Waals surface area (Å²) < 4.78 is 7.03. The van der Waals surface area contributed by atoms with Crippen molar-refractivity contribution in [3.8, 4) is 0 Å². The van der Waals surface area contributed by atoms with E-state index in [-0.39, 0.29) is 23.7 Å². The number of carbonyl (C=O) groups excluding carboxylic acids is 1. The molecule has 0 radical (unpaired) electrons. The topological polar surface area (TPSA) is 88.5 Å². The van der Waals surface area contributed by atoms with Crippen LogP contribution in [0.1, 0.15) is 20.3 Å². The van der Waals surface area contributed by atoms with Crippen LogP contribution in [0.15, 0.2) is 17.1 Å². The number of nitrogens with zero attached hydrogens (tertiary/aromatic N) is 3. The molecule has 0 saturated carbocycles. The van der Waals surface area contributed by atoms with Gasteiger partial charge in [0, 0.05) is 38.8 Å². The predicted octanol–water partition coefficient (Wildman–Crippen LogP) is 0.0832. The third-order valence-corrected chi connectivity index (χ3v) is 3.63. The molecule has 1 aliphatic rings. The summed E-state index contributed by atoms with van der Waals surface area (Å²) in [7, 11) is 1.63. The SMILES string of the molecule is CC(C)NC(=O)NCC[C@H]1CN(c2cnn(C)c(=O)c2)CCO1. The van der Waals surface area contributed by atoms with Gasteiger partial charge >= 0.3 is 6.03 Å². The van der Waals surface area contributed by atoms with Crippen LogP contribution in [-0.4, -0.2) is 54.2 Å². The third-order valence-electron chi connectivity index (χ3n) is 3.63.